The van der Waals surface area contributed by atoms with Crippen molar-refractivity contribution in [2.75, 3.05) is 0 Å². The molecule has 2 rings (SSSR count). The number of carbonyl (C=O) groups is 2. The Morgan fingerprint density at radius 3 is 1.38 bits per heavy atom. The summed E-state index contributed by atoms with van der Waals surface area (Å²) in [6.07, 6.45) is 13.6. The number of hydrogen-bond donors (Lipinski definition) is 0. The van der Waals surface area contributed by atoms with E-state index in [0.29, 0.717) is 11.1 Å². The number of rotatable bonds is 16. The molecule has 0 fully saturated rings. The highest BCUT2D eigenvalue weighted by Gasteiger charge is 2.15. The number of benzene rings is 2. The summed E-state index contributed by atoms with van der Waals surface area (Å²) in [5.74, 6) is -0.585. The van der Waals surface area contributed by atoms with Crippen molar-refractivity contribution >= 4 is 22.7 Å². The summed E-state index contributed by atoms with van der Waals surface area (Å²) in [7, 11) is 0. The molecule has 4 nitrogen and oxygen atoms in total. The van der Waals surface area contributed by atoms with Crippen molar-refractivity contribution in [3.8, 4) is 0 Å². The number of hydrogen-bond acceptors (Lipinski definition) is 4. The van der Waals surface area contributed by atoms with Gasteiger partial charge in [-0.15, -0.1) is 0 Å². The van der Waals surface area contributed by atoms with Crippen LogP contribution in [0.1, 0.15) is 125 Å². The predicted octanol–water partition coefficient (Wildman–Crippen LogP) is 8.65. The standard InChI is InChI=1S/C30H44O4/c1-5-7-9-11-13-15-23(3)33-29(31)27-19-17-26-22-28(20-18-25(26)21-27)30(32)34-24(4)16-14-12-10-8-6-2/h17-24H,5-16H2,1-4H3/t23-,24-/m1/s1. The van der Waals surface area contributed by atoms with Crippen LogP contribution >= 0.6 is 0 Å². The number of ether oxygens (including phenoxy) is 2. The average molecular weight is 469 g/mol. The van der Waals surface area contributed by atoms with Crippen molar-refractivity contribution < 1.29 is 19.1 Å². The number of esters is 2. The molecule has 0 unspecified atom stereocenters. The average Bonchev–Trinajstić information content (AvgIpc) is 2.83. The lowest BCUT2D eigenvalue weighted by molar-refractivity contribution is 0.0309. The zero-order valence-corrected chi connectivity index (χ0v) is 21.7. The SMILES string of the molecule is CCCCCCC[C@@H](C)OC(=O)c1ccc2cc(C(=O)O[C@H](C)CCCCCCC)ccc2c1. The molecule has 0 aliphatic rings. The Morgan fingerprint density at radius 1 is 0.618 bits per heavy atom. The Morgan fingerprint density at radius 2 is 1.00 bits per heavy atom. The van der Waals surface area contributed by atoms with Crippen molar-refractivity contribution in [3.63, 3.8) is 0 Å². The first-order valence-corrected chi connectivity index (χ1v) is 13.4. The second-order valence-corrected chi connectivity index (χ2v) is 9.61. The maximum absolute atomic E-state index is 12.6. The van der Waals surface area contributed by atoms with Crippen LogP contribution in [0.2, 0.25) is 0 Å². The van der Waals surface area contributed by atoms with E-state index in [2.05, 4.69) is 13.8 Å². The fraction of sp³-hybridized carbons (Fsp3) is 0.600. The van der Waals surface area contributed by atoms with Gasteiger partial charge in [0.05, 0.1) is 23.3 Å². The van der Waals surface area contributed by atoms with E-state index < -0.39 is 0 Å². The van der Waals surface area contributed by atoms with Gasteiger partial charge < -0.3 is 9.47 Å². The molecule has 0 heterocycles. The summed E-state index contributed by atoms with van der Waals surface area (Å²) < 4.78 is 11.3. The van der Waals surface area contributed by atoms with Gasteiger partial charge >= 0.3 is 11.9 Å². The number of carbonyl (C=O) groups excluding carboxylic acids is 2. The van der Waals surface area contributed by atoms with Crippen LogP contribution in [0.5, 0.6) is 0 Å². The molecule has 0 N–H and O–H groups in total. The second kappa shape index (κ2) is 15.5. The van der Waals surface area contributed by atoms with Gasteiger partial charge in [-0.1, -0.05) is 77.3 Å². The van der Waals surface area contributed by atoms with Crippen LogP contribution in [-0.2, 0) is 9.47 Å². The second-order valence-electron chi connectivity index (χ2n) is 9.61. The van der Waals surface area contributed by atoms with Gasteiger partial charge in [-0.05, 0) is 74.6 Å². The van der Waals surface area contributed by atoms with E-state index in [1.807, 2.05) is 38.1 Å². The first kappa shape index (κ1) is 27.9. The van der Waals surface area contributed by atoms with Crippen LogP contribution in [0.4, 0.5) is 0 Å². The third-order valence-corrected chi connectivity index (χ3v) is 6.36. The highest BCUT2D eigenvalue weighted by molar-refractivity contribution is 5.99. The zero-order valence-electron chi connectivity index (χ0n) is 21.7. The van der Waals surface area contributed by atoms with Crippen molar-refractivity contribution in [3.05, 3.63) is 47.5 Å². The maximum Gasteiger partial charge on any atom is 0.338 e. The molecule has 0 radical (unpaired) electrons. The topological polar surface area (TPSA) is 52.6 Å². The molecule has 188 valence electrons. The summed E-state index contributed by atoms with van der Waals surface area (Å²) in [6.45, 7) is 8.34. The molecular formula is C30H44O4. The third kappa shape index (κ3) is 9.87. The molecule has 0 aliphatic heterocycles. The minimum absolute atomic E-state index is 0.0874. The summed E-state index contributed by atoms with van der Waals surface area (Å²) in [4.78, 5) is 25.2. The van der Waals surface area contributed by atoms with Crippen molar-refractivity contribution in [1.82, 2.24) is 0 Å². The molecular weight excluding hydrogens is 424 g/mol. The van der Waals surface area contributed by atoms with Crippen LogP contribution in [0.15, 0.2) is 36.4 Å². The minimum atomic E-state index is -0.292. The van der Waals surface area contributed by atoms with Crippen molar-refractivity contribution in [1.29, 1.82) is 0 Å². The highest BCUT2D eigenvalue weighted by Crippen LogP contribution is 2.21. The molecule has 2 aromatic carbocycles. The van der Waals surface area contributed by atoms with E-state index in [9.17, 15) is 9.59 Å². The van der Waals surface area contributed by atoms with Crippen LogP contribution in [-0.4, -0.2) is 24.1 Å². The van der Waals surface area contributed by atoms with Crippen LogP contribution in [0.25, 0.3) is 10.8 Å². The van der Waals surface area contributed by atoms with Crippen molar-refractivity contribution in [2.24, 2.45) is 0 Å². The number of unbranched alkanes of at least 4 members (excludes halogenated alkanes) is 8. The van der Waals surface area contributed by atoms with Gasteiger partial charge in [0.15, 0.2) is 0 Å². The zero-order chi connectivity index (χ0) is 24.8. The first-order valence-electron chi connectivity index (χ1n) is 13.4. The molecule has 2 atom stereocenters. The quantitative estimate of drug-likeness (QED) is 0.183. The Balaban J connectivity index is 1.87. The molecule has 0 saturated heterocycles. The molecule has 0 amide bonds. The normalized spacial score (nSPS) is 12.9. The molecule has 2 aromatic rings. The van der Waals surface area contributed by atoms with E-state index >= 15 is 0 Å². The predicted molar refractivity (Wildman–Crippen MR) is 140 cm³/mol. The van der Waals surface area contributed by atoms with E-state index in [4.69, 9.17) is 9.47 Å². The van der Waals surface area contributed by atoms with Crippen LogP contribution < -0.4 is 0 Å². The van der Waals surface area contributed by atoms with Gasteiger partial charge in [0.25, 0.3) is 0 Å². The summed E-state index contributed by atoms with van der Waals surface area (Å²) in [6, 6.07) is 10.9. The molecule has 0 spiro atoms. The lowest BCUT2D eigenvalue weighted by atomic mass is 10.0. The van der Waals surface area contributed by atoms with Gasteiger partial charge in [0.1, 0.15) is 0 Å². The fourth-order valence-corrected chi connectivity index (χ4v) is 4.19. The maximum atomic E-state index is 12.6. The summed E-state index contributed by atoms with van der Waals surface area (Å²) >= 11 is 0. The molecule has 0 aromatic heterocycles. The van der Waals surface area contributed by atoms with Crippen molar-refractivity contribution in [2.45, 2.75) is 117 Å². The molecule has 0 bridgehead atoms. The van der Waals surface area contributed by atoms with Gasteiger partial charge in [0, 0.05) is 0 Å². The van der Waals surface area contributed by atoms with Gasteiger partial charge in [-0.2, -0.15) is 0 Å². The van der Waals surface area contributed by atoms with E-state index in [-0.39, 0.29) is 24.1 Å². The van der Waals surface area contributed by atoms with E-state index in [1.165, 1.54) is 51.4 Å². The van der Waals surface area contributed by atoms with E-state index in [0.717, 1.165) is 36.5 Å². The van der Waals surface area contributed by atoms with Crippen LogP contribution in [0.3, 0.4) is 0 Å². The highest BCUT2D eigenvalue weighted by atomic mass is 16.5. The Bertz CT molecular complexity index is 815. The Labute approximate surface area is 206 Å². The lowest BCUT2D eigenvalue weighted by Crippen LogP contribution is -2.15. The van der Waals surface area contributed by atoms with Gasteiger partial charge in [-0.3, -0.25) is 0 Å². The largest absolute Gasteiger partial charge is 0.459 e. The summed E-state index contributed by atoms with van der Waals surface area (Å²) in [5, 5.41) is 1.81. The van der Waals surface area contributed by atoms with E-state index in [1.54, 1.807) is 12.1 Å². The molecule has 0 aliphatic carbocycles. The monoisotopic (exact) mass is 468 g/mol. The fourth-order valence-electron chi connectivity index (χ4n) is 4.19. The molecule has 0 saturated carbocycles. The Hall–Kier alpha value is -2.36. The Kier molecular flexibility index (Phi) is 12.7. The minimum Gasteiger partial charge on any atom is -0.459 e. The molecule has 34 heavy (non-hydrogen) atoms. The lowest BCUT2D eigenvalue weighted by Gasteiger charge is -2.14. The van der Waals surface area contributed by atoms with Gasteiger partial charge in [-0.25, -0.2) is 9.59 Å². The van der Waals surface area contributed by atoms with Gasteiger partial charge in [0.2, 0.25) is 0 Å². The van der Waals surface area contributed by atoms with Crippen LogP contribution in [0, 0.1) is 0 Å². The third-order valence-electron chi connectivity index (χ3n) is 6.36. The number of fused-ring (bicyclic) bond motifs is 1. The summed E-state index contributed by atoms with van der Waals surface area (Å²) in [5.41, 5.74) is 1.08. The molecule has 4 heteroatoms. The first-order chi connectivity index (χ1) is 16.4. The smallest absolute Gasteiger partial charge is 0.338 e.